The van der Waals surface area contributed by atoms with Crippen molar-refractivity contribution in [1.82, 2.24) is 10.2 Å². The van der Waals surface area contributed by atoms with E-state index >= 15 is 8.78 Å². The van der Waals surface area contributed by atoms with Gasteiger partial charge in [0.15, 0.2) is 17.3 Å². The number of rotatable bonds is 7. The smallest absolute Gasteiger partial charge is 0.380 e. The van der Waals surface area contributed by atoms with E-state index in [0.29, 0.717) is 40.7 Å². The van der Waals surface area contributed by atoms with Crippen molar-refractivity contribution in [3.8, 4) is 11.5 Å². The maximum atomic E-state index is 15.1. The highest BCUT2D eigenvalue weighted by atomic mass is 35.5. The Morgan fingerprint density at radius 2 is 1.86 bits per heavy atom. The summed E-state index contributed by atoms with van der Waals surface area (Å²) in [7, 11) is 0. The minimum absolute atomic E-state index is 0.0207. The van der Waals surface area contributed by atoms with Crippen LogP contribution in [-0.2, 0) is 10.7 Å². The molecule has 0 saturated heterocycles. The van der Waals surface area contributed by atoms with Crippen LogP contribution in [0.15, 0.2) is 70.7 Å². The Balaban J connectivity index is 1.40. The number of benzene rings is 2. The largest absolute Gasteiger partial charge is 0.486 e. The molecule has 3 aromatic rings. The molecule has 0 bridgehead atoms. The highest BCUT2D eigenvalue weighted by Crippen LogP contribution is 2.36. The summed E-state index contributed by atoms with van der Waals surface area (Å²) in [6, 6.07) is 9.12. The van der Waals surface area contributed by atoms with Crippen molar-refractivity contribution in [2.75, 3.05) is 19.8 Å². The average molecular weight is 501 g/mol. The first kappa shape index (κ1) is 23.0. The van der Waals surface area contributed by atoms with E-state index in [9.17, 15) is 9.90 Å². The molecule has 7 nitrogen and oxygen atoms in total. The number of amides is 1. The summed E-state index contributed by atoms with van der Waals surface area (Å²) in [6.07, 6.45) is 1.70. The summed E-state index contributed by atoms with van der Waals surface area (Å²) in [4.78, 5) is 14.4. The van der Waals surface area contributed by atoms with Crippen LogP contribution in [0.25, 0.3) is 11.0 Å². The number of ether oxygens (including phenoxy) is 2. The van der Waals surface area contributed by atoms with Gasteiger partial charge in [0.1, 0.15) is 24.9 Å². The maximum Gasteiger partial charge on any atom is 0.380 e. The number of nitrogens with one attached hydrogen (secondary N) is 1. The normalized spacial score (nSPS) is 16.1. The highest BCUT2D eigenvalue weighted by molar-refractivity contribution is 6.31. The van der Waals surface area contributed by atoms with Gasteiger partial charge in [0.2, 0.25) is 0 Å². The molecule has 2 aliphatic rings. The van der Waals surface area contributed by atoms with Crippen LogP contribution >= 0.6 is 11.6 Å². The van der Waals surface area contributed by atoms with Crippen molar-refractivity contribution >= 4 is 28.5 Å². The molecule has 2 N–H and O–H groups in total. The lowest BCUT2D eigenvalue weighted by Crippen LogP contribution is -2.49. The Morgan fingerprint density at radius 1 is 1.11 bits per heavy atom. The molecule has 3 heterocycles. The third kappa shape index (κ3) is 4.63. The van der Waals surface area contributed by atoms with Gasteiger partial charge in [0.25, 0.3) is 5.91 Å². The second-order valence-electron chi connectivity index (χ2n) is 8.04. The number of alkyl halides is 2. The van der Waals surface area contributed by atoms with Crippen molar-refractivity contribution in [2.45, 2.75) is 18.1 Å². The van der Waals surface area contributed by atoms with E-state index in [-0.39, 0.29) is 12.1 Å². The minimum Gasteiger partial charge on any atom is -0.486 e. The zero-order valence-corrected chi connectivity index (χ0v) is 18.9. The lowest BCUT2D eigenvalue weighted by molar-refractivity contribution is -0.151. The molecule has 1 amide bonds. The molecule has 10 heteroatoms. The SMILES string of the molecule is O=C(N[C@H](CN1C=C=C=C1)[C@H](O)c1ccc2c(c1)OCCO2)C(F)(F)c1cc2cc(Cl)ccc2o1. The Kier molecular flexibility index (Phi) is 6.01. The molecule has 1 aromatic heterocycles. The topological polar surface area (TPSA) is 84.2 Å². The molecule has 35 heavy (non-hydrogen) atoms. The third-order valence-corrected chi connectivity index (χ3v) is 5.87. The quantitative estimate of drug-likeness (QED) is 0.472. The molecule has 180 valence electrons. The maximum absolute atomic E-state index is 15.1. The Labute approximate surface area is 203 Å². The molecule has 2 aromatic carbocycles. The van der Waals surface area contributed by atoms with E-state index in [2.05, 4.69) is 16.8 Å². The third-order valence-electron chi connectivity index (χ3n) is 5.63. The lowest BCUT2D eigenvalue weighted by atomic mass is 10.0. The van der Waals surface area contributed by atoms with Crippen LogP contribution in [0.1, 0.15) is 17.4 Å². The Bertz CT molecular complexity index is 1380. The van der Waals surface area contributed by atoms with Gasteiger partial charge in [0.05, 0.1) is 18.4 Å². The van der Waals surface area contributed by atoms with E-state index in [1.807, 2.05) is 0 Å². The fourth-order valence-electron chi connectivity index (χ4n) is 3.85. The molecule has 2 atom stereocenters. The summed E-state index contributed by atoms with van der Waals surface area (Å²) < 4.78 is 46.5. The molecule has 0 spiro atoms. The summed E-state index contributed by atoms with van der Waals surface area (Å²) in [5.74, 6) is -5.52. The van der Waals surface area contributed by atoms with Crippen molar-refractivity contribution in [1.29, 1.82) is 0 Å². The number of fused-ring (bicyclic) bond motifs is 2. The highest BCUT2D eigenvalue weighted by Gasteiger charge is 2.46. The number of hydrogen-bond acceptors (Lipinski definition) is 6. The molecule has 0 aliphatic carbocycles. The average Bonchev–Trinajstić information content (AvgIpc) is 3.52. The van der Waals surface area contributed by atoms with Gasteiger partial charge in [-0.1, -0.05) is 29.1 Å². The van der Waals surface area contributed by atoms with Crippen molar-refractivity contribution in [3.05, 3.63) is 82.7 Å². The van der Waals surface area contributed by atoms with Crippen LogP contribution < -0.4 is 14.8 Å². The van der Waals surface area contributed by atoms with E-state index in [4.69, 9.17) is 25.5 Å². The van der Waals surface area contributed by atoms with Gasteiger partial charge in [0, 0.05) is 17.0 Å². The predicted octanol–water partition coefficient (Wildman–Crippen LogP) is 4.26. The number of carbonyl (C=O) groups is 1. The second kappa shape index (κ2) is 9.13. The number of hydrogen-bond donors (Lipinski definition) is 2. The van der Waals surface area contributed by atoms with Crippen molar-refractivity contribution in [3.63, 3.8) is 0 Å². The van der Waals surface area contributed by atoms with Gasteiger partial charge >= 0.3 is 5.92 Å². The molecular weight excluding hydrogens is 482 g/mol. The summed E-state index contributed by atoms with van der Waals surface area (Å²) in [5, 5.41) is 14.1. The van der Waals surface area contributed by atoms with Gasteiger partial charge in [-0.25, -0.2) is 0 Å². The van der Waals surface area contributed by atoms with E-state index in [1.54, 1.807) is 23.1 Å². The first-order valence-corrected chi connectivity index (χ1v) is 11.1. The molecule has 0 unspecified atom stereocenters. The van der Waals surface area contributed by atoms with E-state index < -0.39 is 29.7 Å². The van der Waals surface area contributed by atoms with Gasteiger partial charge < -0.3 is 29.2 Å². The molecular formula is C25H19ClF2N2O5. The predicted molar refractivity (Wildman–Crippen MR) is 122 cm³/mol. The first-order valence-electron chi connectivity index (χ1n) is 10.7. The first-order chi connectivity index (χ1) is 16.8. The number of nitrogens with zero attached hydrogens (tertiary/aromatic N) is 1. The number of carbonyl (C=O) groups excluding carboxylic acids is 1. The summed E-state index contributed by atoms with van der Waals surface area (Å²) >= 11 is 5.92. The molecule has 0 saturated carbocycles. The number of aliphatic hydroxyl groups is 1. The zero-order valence-electron chi connectivity index (χ0n) is 18.1. The summed E-state index contributed by atoms with van der Waals surface area (Å²) in [5.41, 5.74) is 5.97. The van der Waals surface area contributed by atoms with Crippen molar-refractivity contribution < 1.29 is 32.6 Å². The molecule has 0 radical (unpaired) electrons. The van der Waals surface area contributed by atoms with Gasteiger partial charge in [-0.3, -0.25) is 4.79 Å². The standard InChI is InChI=1S/C25H19ClF2N2O5/c26-17-4-6-19-16(11-17)13-22(35-19)25(27,28)24(32)29-18(14-30-7-1-2-8-30)23(31)15-3-5-20-21(12-15)34-10-9-33-20/h3-8,11-13,18,23,31H,9-10,14H2,(H,29,32)/t18-,23-/m1/s1. The fourth-order valence-corrected chi connectivity index (χ4v) is 4.03. The van der Waals surface area contributed by atoms with E-state index in [0.717, 1.165) is 6.07 Å². The lowest BCUT2D eigenvalue weighted by Gasteiger charge is -2.29. The number of aliphatic hydroxyl groups excluding tert-OH is 1. The Morgan fingerprint density at radius 3 is 2.63 bits per heavy atom. The van der Waals surface area contributed by atoms with Crippen LogP contribution in [-0.4, -0.2) is 41.7 Å². The van der Waals surface area contributed by atoms with Gasteiger partial charge in [-0.2, -0.15) is 8.78 Å². The van der Waals surface area contributed by atoms with Gasteiger partial charge in [-0.15, -0.1) is 0 Å². The monoisotopic (exact) mass is 500 g/mol. The molecule has 2 aliphatic heterocycles. The van der Waals surface area contributed by atoms with Crippen LogP contribution in [0, 0.1) is 0 Å². The number of furan rings is 1. The Hall–Kier alpha value is -3.74. The van der Waals surface area contributed by atoms with Crippen LogP contribution in [0.4, 0.5) is 8.78 Å². The number of halogens is 3. The zero-order chi connectivity index (χ0) is 24.6. The van der Waals surface area contributed by atoms with Crippen LogP contribution in [0.3, 0.4) is 0 Å². The minimum atomic E-state index is -4.01. The fraction of sp³-hybridized carbons (Fsp3) is 0.240. The van der Waals surface area contributed by atoms with Crippen LogP contribution in [0.2, 0.25) is 5.02 Å². The molecule has 0 fully saturated rings. The van der Waals surface area contributed by atoms with E-state index in [1.165, 1.54) is 30.6 Å². The van der Waals surface area contributed by atoms with Gasteiger partial charge in [-0.05, 0) is 42.0 Å². The van der Waals surface area contributed by atoms with Crippen molar-refractivity contribution in [2.24, 2.45) is 0 Å². The summed E-state index contributed by atoms with van der Waals surface area (Å²) in [6.45, 7) is 0.723. The molecule has 5 rings (SSSR count). The second-order valence-corrected chi connectivity index (χ2v) is 8.48. The van der Waals surface area contributed by atoms with Crippen LogP contribution in [0.5, 0.6) is 11.5 Å².